The van der Waals surface area contributed by atoms with Crippen molar-refractivity contribution in [2.24, 2.45) is 0 Å². The number of benzene rings is 1. The largest absolute Gasteiger partial charge is 0.478 e. The molecule has 4 heteroatoms. The Bertz CT molecular complexity index is 481. The number of carboxylic acid groups (broad SMARTS) is 1. The number of anilines is 1. The fraction of sp³-hybridized carbons (Fsp3) is 0.357. The maximum absolute atomic E-state index is 10.4. The van der Waals surface area contributed by atoms with Crippen LogP contribution in [0.4, 0.5) is 5.69 Å². The minimum Gasteiger partial charge on any atom is -0.478 e. The lowest BCUT2D eigenvalue weighted by atomic mass is 9.91. The van der Waals surface area contributed by atoms with Crippen molar-refractivity contribution < 1.29 is 9.90 Å². The molecule has 2 rings (SSSR count). The Balaban J connectivity index is 2.16. The second-order valence-electron chi connectivity index (χ2n) is 4.58. The summed E-state index contributed by atoms with van der Waals surface area (Å²) in [5.74, 6) is -0.957. The van der Waals surface area contributed by atoms with Crippen LogP contribution in [0.25, 0.3) is 6.08 Å². The number of carboxylic acids is 1. The Morgan fingerprint density at radius 3 is 2.72 bits per heavy atom. The summed E-state index contributed by atoms with van der Waals surface area (Å²) in [6.45, 7) is 0. The van der Waals surface area contributed by atoms with Crippen LogP contribution >= 0.6 is 11.6 Å². The van der Waals surface area contributed by atoms with Gasteiger partial charge in [0, 0.05) is 19.2 Å². The third-order valence-electron chi connectivity index (χ3n) is 3.39. The summed E-state index contributed by atoms with van der Waals surface area (Å²) in [6.07, 6.45) is 6.37. The highest BCUT2D eigenvalue weighted by atomic mass is 35.5. The number of nitrogens with zero attached hydrogens (tertiary/aromatic N) is 1. The van der Waals surface area contributed by atoms with E-state index in [1.165, 1.54) is 19.3 Å². The highest BCUT2D eigenvalue weighted by Crippen LogP contribution is 2.33. The molecule has 1 aliphatic carbocycles. The predicted octanol–water partition coefficient (Wildman–Crippen LogP) is 3.43. The molecule has 0 aliphatic heterocycles. The summed E-state index contributed by atoms with van der Waals surface area (Å²) in [6, 6.07) is 6.21. The van der Waals surface area contributed by atoms with Gasteiger partial charge in [-0.2, -0.15) is 0 Å². The van der Waals surface area contributed by atoms with Crippen LogP contribution < -0.4 is 4.90 Å². The van der Waals surface area contributed by atoms with E-state index in [4.69, 9.17) is 16.7 Å². The first-order valence-corrected chi connectivity index (χ1v) is 6.39. The smallest absolute Gasteiger partial charge is 0.328 e. The lowest BCUT2D eigenvalue weighted by molar-refractivity contribution is -0.131. The van der Waals surface area contributed by atoms with Gasteiger partial charge in [0.2, 0.25) is 0 Å². The Hall–Kier alpha value is -1.48. The van der Waals surface area contributed by atoms with Crippen LogP contribution in [0.1, 0.15) is 24.8 Å². The van der Waals surface area contributed by atoms with E-state index in [2.05, 4.69) is 11.9 Å². The number of rotatable bonds is 4. The molecule has 3 nitrogen and oxygen atoms in total. The quantitative estimate of drug-likeness (QED) is 0.848. The summed E-state index contributed by atoms with van der Waals surface area (Å²) in [5, 5.41) is 9.24. The molecule has 0 spiro atoms. The molecule has 0 heterocycles. The highest BCUT2D eigenvalue weighted by molar-refractivity contribution is 6.33. The number of halogens is 1. The standard InChI is InChI=1S/C14H16ClNO2/c1-16(11-3-2-4-11)13-7-5-10(9-12(13)15)6-8-14(17)18/h5-9,11H,2-4H2,1H3,(H,17,18)/b8-6+. The first-order chi connectivity index (χ1) is 8.58. The lowest BCUT2D eigenvalue weighted by Gasteiger charge is -2.36. The zero-order valence-electron chi connectivity index (χ0n) is 10.3. The van der Waals surface area contributed by atoms with Gasteiger partial charge < -0.3 is 10.0 Å². The number of aliphatic carboxylic acids is 1. The van der Waals surface area contributed by atoms with Crippen LogP contribution in [0.3, 0.4) is 0 Å². The van der Waals surface area contributed by atoms with Gasteiger partial charge in [0.15, 0.2) is 0 Å². The average molecular weight is 266 g/mol. The van der Waals surface area contributed by atoms with Crippen molar-refractivity contribution in [1.29, 1.82) is 0 Å². The molecule has 0 saturated heterocycles. The molecular formula is C14H16ClNO2. The van der Waals surface area contributed by atoms with E-state index >= 15 is 0 Å². The topological polar surface area (TPSA) is 40.5 Å². The van der Waals surface area contributed by atoms with Crippen molar-refractivity contribution in [3.63, 3.8) is 0 Å². The number of carbonyl (C=O) groups is 1. The van der Waals surface area contributed by atoms with Gasteiger partial charge in [0.05, 0.1) is 10.7 Å². The zero-order chi connectivity index (χ0) is 13.1. The minimum absolute atomic E-state index is 0.586. The molecule has 1 fully saturated rings. The van der Waals surface area contributed by atoms with Crippen LogP contribution in [0.5, 0.6) is 0 Å². The molecule has 1 aromatic carbocycles. The van der Waals surface area contributed by atoms with E-state index in [1.54, 1.807) is 12.1 Å². The van der Waals surface area contributed by atoms with Gasteiger partial charge in [0.1, 0.15) is 0 Å². The molecule has 18 heavy (non-hydrogen) atoms. The first-order valence-electron chi connectivity index (χ1n) is 6.01. The summed E-state index contributed by atoms with van der Waals surface area (Å²) in [4.78, 5) is 12.6. The van der Waals surface area contributed by atoms with Crippen molar-refractivity contribution in [3.05, 3.63) is 34.9 Å². The van der Waals surface area contributed by atoms with Gasteiger partial charge in [-0.25, -0.2) is 4.79 Å². The van der Waals surface area contributed by atoms with Crippen molar-refractivity contribution >= 4 is 29.3 Å². The number of hydrogen-bond acceptors (Lipinski definition) is 2. The molecular weight excluding hydrogens is 250 g/mol. The van der Waals surface area contributed by atoms with E-state index < -0.39 is 5.97 Å². The molecule has 0 bridgehead atoms. The average Bonchev–Trinajstić information content (AvgIpc) is 2.23. The molecule has 0 atom stereocenters. The second-order valence-corrected chi connectivity index (χ2v) is 4.99. The Kier molecular flexibility index (Phi) is 3.92. The van der Waals surface area contributed by atoms with Gasteiger partial charge in [-0.15, -0.1) is 0 Å². The van der Waals surface area contributed by atoms with Crippen LogP contribution in [-0.4, -0.2) is 24.2 Å². The normalized spacial score (nSPS) is 15.7. The van der Waals surface area contributed by atoms with Gasteiger partial charge in [-0.05, 0) is 43.0 Å². The maximum atomic E-state index is 10.4. The number of hydrogen-bond donors (Lipinski definition) is 1. The first kappa shape index (κ1) is 13.0. The Morgan fingerprint density at radius 2 is 2.22 bits per heavy atom. The minimum atomic E-state index is -0.957. The van der Waals surface area contributed by atoms with Gasteiger partial charge in [-0.1, -0.05) is 17.7 Å². The Morgan fingerprint density at radius 1 is 1.50 bits per heavy atom. The van der Waals surface area contributed by atoms with Crippen molar-refractivity contribution in [2.45, 2.75) is 25.3 Å². The third kappa shape index (κ3) is 2.85. The van der Waals surface area contributed by atoms with Crippen molar-refractivity contribution in [2.75, 3.05) is 11.9 Å². The molecule has 96 valence electrons. The van der Waals surface area contributed by atoms with Crippen molar-refractivity contribution in [1.82, 2.24) is 0 Å². The van der Waals surface area contributed by atoms with E-state index in [0.29, 0.717) is 11.1 Å². The van der Waals surface area contributed by atoms with E-state index in [1.807, 2.05) is 12.1 Å². The second kappa shape index (κ2) is 5.44. The molecule has 1 aromatic rings. The van der Waals surface area contributed by atoms with Crippen molar-refractivity contribution in [3.8, 4) is 0 Å². The lowest BCUT2D eigenvalue weighted by Crippen LogP contribution is -2.37. The predicted molar refractivity (Wildman–Crippen MR) is 74.2 cm³/mol. The zero-order valence-corrected chi connectivity index (χ0v) is 11.0. The van der Waals surface area contributed by atoms with Crippen LogP contribution in [-0.2, 0) is 4.79 Å². The van der Waals surface area contributed by atoms with Crippen LogP contribution in [0.15, 0.2) is 24.3 Å². The fourth-order valence-corrected chi connectivity index (χ4v) is 2.37. The molecule has 1 N–H and O–H groups in total. The molecule has 1 saturated carbocycles. The van der Waals surface area contributed by atoms with Crippen LogP contribution in [0.2, 0.25) is 5.02 Å². The fourth-order valence-electron chi connectivity index (χ4n) is 2.05. The third-order valence-corrected chi connectivity index (χ3v) is 3.70. The van der Waals surface area contributed by atoms with Gasteiger partial charge >= 0.3 is 5.97 Å². The van der Waals surface area contributed by atoms with E-state index in [-0.39, 0.29) is 0 Å². The SMILES string of the molecule is CN(c1ccc(/C=C/C(=O)O)cc1Cl)C1CCC1. The highest BCUT2D eigenvalue weighted by Gasteiger charge is 2.23. The van der Waals surface area contributed by atoms with Gasteiger partial charge in [-0.3, -0.25) is 0 Å². The molecule has 0 aromatic heterocycles. The monoisotopic (exact) mass is 265 g/mol. The van der Waals surface area contributed by atoms with E-state index in [9.17, 15) is 4.79 Å². The summed E-state index contributed by atoms with van der Waals surface area (Å²) >= 11 is 6.24. The summed E-state index contributed by atoms with van der Waals surface area (Å²) in [5.41, 5.74) is 1.81. The molecule has 0 radical (unpaired) electrons. The molecule has 1 aliphatic rings. The molecule has 0 amide bonds. The van der Waals surface area contributed by atoms with E-state index in [0.717, 1.165) is 17.3 Å². The summed E-state index contributed by atoms with van der Waals surface area (Å²) in [7, 11) is 2.05. The van der Waals surface area contributed by atoms with Crippen LogP contribution in [0, 0.1) is 0 Å². The Labute approximate surface area is 112 Å². The van der Waals surface area contributed by atoms with Gasteiger partial charge in [0.25, 0.3) is 0 Å². The summed E-state index contributed by atoms with van der Waals surface area (Å²) < 4.78 is 0. The maximum Gasteiger partial charge on any atom is 0.328 e. The molecule has 0 unspecified atom stereocenters.